The van der Waals surface area contributed by atoms with E-state index < -0.39 is 0 Å². The Balaban J connectivity index is 1.92. The zero-order valence-corrected chi connectivity index (χ0v) is 9.10. The Kier molecular flexibility index (Phi) is 2.54. The lowest BCUT2D eigenvalue weighted by Gasteiger charge is -2.13. The minimum Gasteiger partial charge on any atom is -0.399 e. The number of rotatable bonds is 4. The van der Waals surface area contributed by atoms with Crippen molar-refractivity contribution < 1.29 is 0 Å². The van der Waals surface area contributed by atoms with Crippen LogP contribution in [-0.4, -0.2) is 22.5 Å². The van der Waals surface area contributed by atoms with Crippen molar-refractivity contribution in [1.29, 1.82) is 0 Å². The largest absolute Gasteiger partial charge is 0.399 e. The number of hydrogen-bond donors (Lipinski definition) is 2. The first-order valence-electron chi connectivity index (χ1n) is 4.75. The Morgan fingerprint density at radius 1 is 1.64 bits per heavy atom. The van der Waals surface area contributed by atoms with Crippen molar-refractivity contribution in [3.63, 3.8) is 0 Å². The third-order valence-corrected chi connectivity index (χ3v) is 4.03. The number of anilines is 2. The molecule has 0 amide bonds. The van der Waals surface area contributed by atoms with Crippen molar-refractivity contribution in [3.05, 3.63) is 18.3 Å². The van der Waals surface area contributed by atoms with Crippen LogP contribution >= 0.6 is 11.8 Å². The van der Waals surface area contributed by atoms with Crippen LogP contribution in [-0.2, 0) is 0 Å². The molecule has 2 rings (SSSR count). The van der Waals surface area contributed by atoms with Gasteiger partial charge in [-0.15, -0.1) is 0 Å². The van der Waals surface area contributed by atoms with Gasteiger partial charge in [0, 0.05) is 29.2 Å². The molecule has 1 aliphatic rings. The highest BCUT2D eigenvalue weighted by atomic mass is 32.2. The van der Waals surface area contributed by atoms with Crippen LogP contribution in [0.2, 0.25) is 0 Å². The summed E-state index contributed by atoms with van der Waals surface area (Å²) in [5.41, 5.74) is 6.42. The summed E-state index contributed by atoms with van der Waals surface area (Å²) in [6.07, 6.45) is 6.52. The third-order valence-electron chi connectivity index (χ3n) is 2.62. The number of nitrogens with two attached hydrogens (primary N) is 1. The molecule has 1 aromatic heterocycles. The fourth-order valence-corrected chi connectivity index (χ4v) is 2.11. The van der Waals surface area contributed by atoms with Gasteiger partial charge >= 0.3 is 0 Å². The highest BCUT2D eigenvalue weighted by Gasteiger charge is 2.41. The second-order valence-corrected chi connectivity index (χ2v) is 4.99. The lowest BCUT2D eigenvalue weighted by Crippen LogP contribution is -2.17. The molecule has 0 aromatic carbocycles. The highest BCUT2D eigenvalue weighted by molar-refractivity contribution is 8.00. The van der Waals surface area contributed by atoms with Crippen LogP contribution in [0.25, 0.3) is 0 Å². The molecule has 0 spiro atoms. The van der Waals surface area contributed by atoms with Gasteiger partial charge in [-0.3, -0.25) is 0 Å². The fraction of sp³-hybridized carbons (Fsp3) is 0.500. The number of pyridine rings is 1. The molecule has 0 radical (unpaired) electrons. The predicted octanol–water partition coefficient (Wildman–Crippen LogP) is 1.97. The summed E-state index contributed by atoms with van der Waals surface area (Å²) in [7, 11) is 0. The zero-order valence-electron chi connectivity index (χ0n) is 8.29. The Morgan fingerprint density at radius 3 is 3.00 bits per heavy atom. The van der Waals surface area contributed by atoms with Crippen LogP contribution in [0, 0.1) is 0 Å². The van der Waals surface area contributed by atoms with Crippen LogP contribution in [0.15, 0.2) is 18.3 Å². The average molecular weight is 209 g/mol. The first-order chi connectivity index (χ1) is 6.74. The molecule has 0 saturated heterocycles. The maximum absolute atomic E-state index is 5.66. The van der Waals surface area contributed by atoms with E-state index in [0.717, 1.165) is 18.1 Å². The minimum absolute atomic E-state index is 0.465. The van der Waals surface area contributed by atoms with Crippen molar-refractivity contribution in [1.82, 2.24) is 4.98 Å². The molecule has 0 atom stereocenters. The van der Waals surface area contributed by atoms with Gasteiger partial charge < -0.3 is 11.1 Å². The molecule has 0 unspecified atom stereocenters. The highest BCUT2D eigenvalue weighted by Crippen LogP contribution is 2.46. The number of nitrogen functional groups attached to an aromatic ring is 1. The fourth-order valence-electron chi connectivity index (χ4n) is 1.39. The molecule has 3 nitrogen and oxygen atoms in total. The maximum atomic E-state index is 5.66. The van der Waals surface area contributed by atoms with E-state index >= 15 is 0 Å². The van der Waals surface area contributed by atoms with Crippen LogP contribution in [0.4, 0.5) is 11.5 Å². The molecule has 1 aliphatic carbocycles. The molecule has 3 N–H and O–H groups in total. The second kappa shape index (κ2) is 3.69. The van der Waals surface area contributed by atoms with Gasteiger partial charge in [-0.25, -0.2) is 4.98 Å². The molecule has 1 saturated carbocycles. The molecule has 0 bridgehead atoms. The van der Waals surface area contributed by atoms with E-state index in [0.29, 0.717) is 4.75 Å². The van der Waals surface area contributed by atoms with Crippen LogP contribution in [0.1, 0.15) is 12.8 Å². The van der Waals surface area contributed by atoms with Crippen LogP contribution in [0.3, 0.4) is 0 Å². The topological polar surface area (TPSA) is 50.9 Å². The van der Waals surface area contributed by atoms with E-state index in [4.69, 9.17) is 5.73 Å². The summed E-state index contributed by atoms with van der Waals surface area (Å²) in [6.45, 7) is 0.991. The molecule has 1 fully saturated rings. The summed E-state index contributed by atoms with van der Waals surface area (Å²) in [6, 6.07) is 3.67. The minimum atomic E-state index is 0.465. The summed E-state index contributed by atoms with van der Waals surface area (Å²) in [5.74, 6) is 0.880. The predicted molar refractivity (Wildman–Crippen MR) is 62.6 cm³/mol. The second-order valence-electron chi connectivity index (χ2n) is 3.72. The summed E-state index contributed by atoms with van der Waals surface area (Å²) in [5, 5.41) is 3.33. The smallest absolute Gasteiger partial charge is 0.127 e. The van der Waals surface area contributed by atoms with Gasteiger partial charge in [-0.1, -0.05) is 0 Å². The van der Waals surface area contributed by atoms with Gasteiger partial charge in [0.15, 0.2) is 0 Å². The number of aromatic nitrogens is 1. The molecule has 1 aromatic rings. The number of nitrogens with one attached hydrogen (secondary N) is 1. The maximum Gasteiger partial charge on any atom is 0.127 e. The quantitative estimate of drug-likeness (QED) is 0.796. The monoisotopic (exact) mass is 209 g/mol. The van der Waals surface area contributed by atoms with E-state index in [2.05, 4.69) is 16.6 Å². The number of hydrogen-bond acceptors (Lipinski definition) is 4. The van der Waals surface area contributed by atoms with E-state index in [-0.39, 0.29) is 0 Å². The molecule has 76 valence electrons. The summed E-state index contributed by atoms with van der Waals surface area (Å²) < 4.78 is 0.465. The molecule has 1 heterocycles. The standard InChI is InChI=1S/C10H15N3S/c1-14-10(3-4-10)7-13-9-6-8(11)2-5-12-9/h2,5-6H,3-4,7H2,1H3,(H3,11,12,13). The zero-order chi connectivity index (χ0) is 10.0. The molecular weight excluding hydrogens is 194 g/mol. The normalized spacial score (nSPS) is 17.8. The lowest BCUT2D eigenvalue weighted by atomic mass is 10.3. The third kappa shape index (κ3) is 2.12. The number of nitrogens with zero attached hydrogens (tertiary/aromatic N) is 1. The first kappa shape index (κ1) is 9.65. The Hall–Kier alpha value is -0.900. The SMILES string of the molecule is CSC1(CNc2cc(N)ccn2)CC1. The molecule has 14 heavy (non-hydrogen) atoms. The van der Waals surface area contributed by atoms with Gasteiger partial charge in [0.05, 0.1) is 0 Å². The Morgan fingerprint density at radius 2 is 2.43 bits per heavy atom. The molecule has 4 heteroatoms. The average Bonchev–Trinajstić information content (AvgIpc) is 2.96. The van der Waals surface area contributed by atoms with E-state index in [1.54, 1.807) is 12.3 Å². The Bertz CT molecular complexity index is 323. The van der Waals surface area contributed by atoms with E-state index in [1.807, 2.05) is 17.8 Å². The van der Waals surface area contributed by atoms with Gasteiger partial charge in [0.1, 0.15) is 5.82 Å². The first-order valence-corrected chi connectivity index (χ1v) is 5.97. The number of thioether (sulfide) groups is 1. The summed E-state index contributed by atoms with van der Waals surface area (Å²) in [4.78, 5) is 4.20. The van der Waals surface area contributed by atoms with Crippen LogP contribution in [0.5, 0.6) is 0 Å². The van der Waals surface area contributed by atoms with E-state index in [9.17, 15) is 0 Å². The van der Waals surface area contributed by atoms with Gasteiger partial charge in [-0.2, -0.15) is 11.8 Å². The van der Waals surface area contributed by atoms with Gasteiger partial charge in [0.25, 0.3) is 0 Å². The molecular formula is C10H15N3S. The Labute approximate surface area is 88.5 Å². The molecule has 0 aliphatic heterocycles. The van der Waals surface area contributed by atoms with Crippen molar-refractivity contribution in [2.24, 2.45) is 0 Å². The lowest BCUT2D eigenvalue weighted by molar-refractivity contribution is 0.941. The van der Waals surface area contributed by atoms with Crippen molar-refractivity contribution in [2.75, 3.05) is 23.9 Å². The van der Waals surface area contributed by atoms with Gasteiger partial charge in [0.2, 0.25) is 0 Å². The van der Waals surface area contributed by atoms with Crippen molar-refractivity contribution >= 4 is 23.3 Å². The van der Waals surface area contributed by atoms with E-state index in [1.165, 1.54) is 12.8 Å². The van der Waals surface area contributed by atoms with Crippen molar-refractivity contribution in [3.8, 4) is 0 Å². The van der Waals surface area contributed by atoms with Crippen LogP contribution < -0.4 is 11.1 Å². The van der Waals surface area contributed by atoms with Gasteiger partial charge in [-0.05, 0) is 25.2 Å². The van der Waals surface area contributed by atoms with Crippen molar-refractivity contribution in [2.45, 2.75) is 17.6 Å². The summed E-state index contributed by atoms with van der Waals surface area (Å²) >= 11 is 1.94.